The van der Waals surface area contributed by atoms with E-state index in [0.29, 0.717) is 30.2 Å². The van der Waals surface area contributed by atoms with Crippen LogP contribution in [0.15, 0.2) is 48.5 Å². The number of para-hydroxylation sites is 1. The van der Waals surface area contributed by atoms with Gasteiger partial charge < -0.3 is 5.32 Å². The Hall–Kier alpha value is -2.40. The van der Waals surface area contributed by atoms with Crippen LogP contribution in [0.1, 0.15) is 18.4 Å². The molecule has 0 atom stereocenters. The van der Waals surface area contributed by atoms with Crippen molar-refractivity contribution in [2.45, 2.75) is 19.4 Å². The zero-order valence-electron chi connectivity index (χ0n) is 14.7. The van der Waals surface area contributed by atoms with Gasteiger partial charge in [-0.1, -0.05) is 24.3 Å². The molecular formula is C19H22N4O2S. The summed E-state index contributed by atoms with van der Waals surface area (Å²) in [5.41, 5.74) is 2.59. The van der Waals surface area contributed by atoms with Crippen LogP contribution in [0.25, 0.3) is 4.85 Å². The lowest BCUT2D eigenvalue weighted by Crippen LogP contribution is -2.45. The van der Waals surface area contributed by atoms with Crippen LogP contribution < -0.4 is 9.62 Å². The Morgan fingerprint density at radius 2 is 1.92 bits per heavy atom. The van der Waals surface area contributed by atoms with Gasteiger partial charge in [0.05, 0.1) is 17.9 Å². The Kier molecular flexibility index (Phi) is 5.57. The molecule has 3 rings (SSSR count). The van der Waals surface area contributed by atoms with Gasteiger partial charge in [-0.15, -0.1) is 0 Å². The van der Waals surface area contributed by atoms with Crippen molar-refractivity contribution in [2.75, 3.05) is 24.4 Å². The molecule has 0 saturated heterocycles. The zero-order chi connectivity index (χ0) is 18.6. The van der Waals surface area contributed by atoms with Gasteiger partial charge in [-0.3, -0.25) is 0 Å². The smallest absolute Gasteiger partial charge is 0.308 e. The highest BCUT2D eigenvalue weighted by atomic mass is 32.2. The predicted octanol–water partition coefficient (Wildman–Crippen LogP) is 3.44. The average Bonchev–Trinajstić information content (AvgIpc) is 2.65. The monoisotopic (exact) mass is 370 g/mol. The first kappa shape index (κ1) is 18.4. The highest BCUT2D eigenvalue weighted by molar-refractivity contribution is 7.90. The minimum Gasteiger partial charge on any atom is -0.320 e. The maximum absolute atomic E-state index is 13.3. The molecule has 1 N–H and O–H groups in total. The van der Waals surface area contributed by atoms with Crippen LogP contribution in [0.5, 0.6) is 0 Å². The summed E-state index contributed by atoms with van der Waals surface area (Å²) in [7, 11) is -1.78. The van der Waals surface area contributed by atoms with Crippen LogP contribution in [0.2, 0.25) is 0 Å². The third kappa shape index (κ3) is 3.58. The summed E-state index contributed by atoms with van der Waals surface area (Å²) in [5.74, 6) is 0. The molecule has 0 radical (unpaired) electrons. The van der Waals surface area contributed by atoms with Gasteiger partial charge in [-0.05, 0) is 56.3 Å². The predicted molar refractivity (Wildman–Crippen MR) is 104 cm³/mol. The molecule has 0 spiro atoms. The molecule has 26 heavy (non-hydrogen) atoms. The number of unbranched alkanes of at least 4 members (excludes halogenated alkanes) is 1. The average molecular weight is 370 g/mol. The van der Waals surface area contributed by atoms with Gasteiger partial charge in [0.25, 0.3) is 0 Å². The van der Waals surface area contributed by atoms with Crippen molar-refractivity contribution < 1.29 is 8.42 Å². The third-order valence-corrected chi connectivity index (χ3v) is 6.22. The fourth-order valence-corrected chi connectivity index (χ4v) is 4.81. The van der Waals surface area contributed by atoms with Crippen LogP contribution >= 0.6 is 0 Å². The highest BCUT2D eigenvalue weighted by Gasteiger charge is 2.37. The summed E-state index contributed by atoms with van der Waals surface area (Å²) in [5, 5.41) is 3.08. The number of rotatable bonds is 6. The Balaban J connectivity index is 2.02. The number of nitrogens with one attached hydrogen (secondary N) is 1. The largest absolute Gasteiger partial charge is 0.320 e. The number of benzene rings is 2. The van der Waals surface area contributed by atoms with Crippen LogP contribution in [-0.2, 0) is 16.8 Å². The second kappa shape index (κ2) is 7.87. The first-order valence-electron chi connectivity index (χ1n) is 8.58. The molecule has 1 aliphatic rings. The van der Waals surface area contributed by atoms with Gasteiger partial charge in [0, 0.05) is 13.1 Å². The molecule has 0 bridgehead atoms. The molecular weight excluding hydrogens is 348 g/mol. The van der Waals surface area contributed by atoms with E-state index in [2.05, 4.69) is 10.2 Å². The quantitative estimate of drug-likeness (QED) is 0.626. The topological polar surface area (TPSA) is 57.0 Å². The number of anilines is 2. The summed E-state index contributed by atoms with van der Waals surface area (Å²) in [6, 6.07) is 14.3. The zero-order valence-corrected chi connectivity index (χ0v) is 15.5. The number of hydrogen-bond donors (Lipinski definition) is 1. The second-order valence-corrected chi connectivity index (χ2v) is 7.95. The van der Waals surface area contributed by atoms with E-state index in [4.69, 9.17) is 6.57 Å². The van der Waals surface area contributed by atoms with Crippen LogP contribution in [0.4, 0.5) is 17.1 Å². The Morgan fingerprint density at radius 3 is 2.62 bits per heavy atom. The normalized spacial score (nSPS) is 16.1. The van der Waals surface area contributed by atoms with Gasteiger partial charge in [0.1, 0.15) is 0 Å². The molecule has 136 valence electrons. The molecule has 1 heterocycles. The van der Waals surface area contributed by atoms with Crippen molar-refractivity contribution in [2.24, 2.45) is 0 Å². The van der Waals surface area contributed by atoms with Crippen molar-refractivity contribution in [3.63, 3.8) is 0 Å². The Labute approximate surface area is 155 Å². The number of hydrogen-bond acceptors (Lipinski definition) is 3. The van der Waals surface area contributed by atoms with Gasteiger partial charge >= 0.3 is 10.2 Å². The van der Waals surface area contributed by atoms with Crippen LogP contribution in [0, 0.1) is 6.57 Å². The molecule has 0 aliphatic carbocycles. The van der Waals surface area contributed by atoms with E-state index in [1.165, 1.54) is 8.61 Å². The Morgan fingerprint density at radius 1 is 1.15 bits per heavy atom. The fraction of sp³-hybridized carbons (Fsp3) is 0.316. The maximum atomic E-state index is 13.3. The third-order valence-electron chi connectivity index (χ3n) is 4.39. The van der Waals surface area contributed by atoms with Crippen molar-refractivity contribution in [3.8, 4) is 0 Å². The summed E-state index contributed by atoms with van der Waals surface area (Å²) < 4.78 is 29.4. The Bertz CT molecular complexity index is 907. The molecule has 7 heteroatoms. The number of nitrogens with zero attached hydrogens (tertiary/aromatic N) is 3. The summed E-state index contributed by atoms with van der Waals surface area (Å²) in [6.07, 6.45) is 1.68. The lowest BCUT2D eigenvalue weighted by atomic mass is 10.1. The number of fused-ring (bicyclic) bond motifs is 1. The SMILES string of the molecule is [C-]#[N+]c1ccc2c(c1)CN(CCCCNC)S(=O)(=O)N2c1ccccc1. The highest BCUT2D eigenvalue weighted by Crippen LogP contribution is 2.39. The fourth-order valence-electron chi connectivity index (χ4n) is 3.10. The molecule has 2 aromatic rings. The molecule has 0 unspecified atom stereocenters. The van der Waals surface area contributed by atoms with Crippen molar-refractivity contribution in [1.82, 2.24) is 9.62 Å². The van der Waals surface area contributed by atoms with Gasteiger partial charge in [0.15, 0.2) is 5.69 Å². The van der Waals surface area contributed by atoms with E-state index >= 15 is 0 Å². The molecule has 0 amide bonds. The first-order valence-corrected chi connectivity index (χ1v) is 9.98. The van der Waals surface area contributed by atoms with Crippen molar-refractivity contribution in [1.29, 1.82) is 0 Å². The minimum absolute atomic E-state index is 0.296. The van der Waals surface area contributed by atoms with E-state index in [0.717, 1.165) is 24.9 Å². The maximum Gasteiger partial charge on any atom is 0.308 e. The summed E-state index contributed by atoms with van der Waals surface area (Å²) in [4.78, 5) is 3.48. The van der Waals surface area contributed by atoms with Crippen molar-refractivity contribution >= 4 is 27.3 Å². The van der Waals surface area contributed by atoms with E-state index in [1.807, 2.05) is 25.2 Å². The van der Waals surface area contributed by atoms with Gasteiger partial charge in [0.2, 0.25) is 0 Å². The van der Waals surface area contributed by atoms with Gasteiger partial charge in [-0.2, -0.15) is 12.7 Å². The molecule has 1 aliphatic heterocycles. The standard InChI is InChI=1S/C19H22N4O2S/c1-20-12-6-7-13-22-15-16-14-17(21-2)10-11-19(16)23(26(22,24)25)18-8-4-3-5-9-18/h3-5,8-11,14,20H,6-7,12-13,15H2,1H3. The molecule has 0 aromatic heterocycles. The van der Waals surface area contributed by atoms with E-state index in [-0.39, 0.29) is 0 Å². The van der Waals surface area contributed by atoms with Crippen LogP contribution in [-0.4, -0.2) is 32.9 Å². The molecule has 0 saturated carbocycles. The molecule has 6 nitrogen and oxygen atoms in total. The second-order valence-electron chi connectivity index (χ2n) is 6.18. The van der Waals surface area contributed by atoms with E-state index in [9.17, 15) is 8.42 Å². The van der Waals surface area contributed by atoms with E-state index in [1.54, 1.807) is 30.3 Å². The first-order chi connectivity index (χ1) is 12.6. The molecule has 0 fully saturated rings. The molecule has 2 aromatic carbocycles. The van der Waals surface area contributed by atoms with Crippen LogP contribution in [0.3, 0.4) is 0 Å². The lowest BCUT2D eigenvalue weighted by molar-refractivity contribution is 0.389. The summed E-state index contributed by atoms with van der Waals surface area (Å²) >= 11 is 0. The summed E-state index contributed by atoms with van der Waals surface area (Å²) in [6.45, 7) is 8.84. The lowest BCUT2D eigenvalue weighted by Gasteiger charge is -2.37. The minimum atomic E-state index is -3.67. The van der Waals surface area contributed by atoms with Crippen molar-refractivity contribution in [3.05, 3.63) is 65.5 Å². The van der Waals surface area contributed by atoms with Gasteiger partial charge in [-0.25, -0.2) is 9.15 Å². The van der Waals surface area contributed by atoms with E-state index < -0.39 is 10.2 Å².